The van der Waals surface area contributed by atoms with Crippen molar-refractivity contribution in [3.8, 4) is 0 Å². The minimum absolute atomic E-state index is 0.139. The van der Waals surface area contributed by atoms with Crippen molar-refractivity contribution >= 4 is 69.9 Å². The number of nitrogens with zero attached hydrogens (tertiary/aromatic N) is 4. The number of fused-ring (bicyclic) bond motifs is 6. The van der Waals surface area contributed by atoms with Gasteiger partial charge in [0.1, 0.15) is 6.54 Å². The summed E-state index contributed by atoms with van der Waals surface area (Å²) in [5.74, 6) is -2.59. The molecule has 5 aliphatic rings. The van der Waals surface area contributed by atoms with Crippen LogP contribution < -0.4 is 20.4 Å². The van der Waals surface area contributed by atoms with Crippen LogP contribution in [0.15, 0.2) is 96.6 Å². The van der Waals surface area contributed by atoms with E-state index in [1.807, 2.05) is 54.6 Å². The molecule has 6 amide bonds. The number of nitrogens with one attached hydrogen (secondary N) is 2. The van der Waals surface area contributed by atoms with Crippen molar-refractivity contribution in [2.75, 3.05) is 46.7 Å². The van der Waals surface area contributed by atoms with Gasteiger partial charge in [-0.2, -0.15) is 0 Å². The van der Waals surface area contributed by atoms with Gasteiger partial charge in [0.25, 0.3) is 17.7 Å². The Morgan fingerprint density at radius 1 is 0.629 bits per heavy atom. The Morgan fingerprint density at radius 2 is 1.16 bits per heavy atom. The number of imide groups is 1. The standard InChI is InChI=1S/C48H48N6O8/c1-3-61-47(59)49-32-16-15-30-14-13-29-9-5-7-11-39(29)53(41(30)24-32)45(57)28-52-43(55)26-38(46(52)58)37-23-31-10-6-8-12-40(31)54(44(56)27-51-34-18-19-35(51)21-20-34)42-25-33(17-22-36(37)42)50-48(60)62-4-2/h5-12,15-17,22,24-26,34-35,37H,3-4,13-14,18-21,23,27-28H2,1-2H3,(H,49,59)(H,50,60)/t34-,35+,37?. The van der Waals surface area contributed by atoms with Gasteiger partial charge < -0.3 is 9.47 Å². The first-order valence-electron chi connectivity index (χ1n) is 21.4. The monoisotopic (exact) mass is 836 g/mol. The number of carbonyl (C=O) groups is 6. The summed E-state index contributed by atoms with van der Waals surface area (Å²) >= 11 is 0. The number of amides is 6. The number of para-hydroxylation sites is 2. The molecule has 1 unspecified atom stereocenters. The highest BCUT2D eigenvalue weighted by Crippen LogP contribution is 2.47. The van der Waals surface area contributed by atoms with Crippen LogP contribution in [0.4, 0.5) is 43.7 Å². The number of hydrogen-bond acceptors (Lipinski definition) is 9. The number of benzene rings is 4. The van der Waals surface area contributed by atoms with E-state index in [9.17, 15) is 28.8 Å². The first-order valence-corrected chi connectivity index (χ1v) is 21.4. The Hall–Kier alpha value is -6.80. The third-order valence-electron chi connectivity index (χ3n) is 12.7. The molecule has 4 aromatic carbocycles. The van der Waals surface area contributed by atoms with Crippen molar-refractivity contribution in [3.05, 3.63) is 119 Å². The fourth-order valence-corrected chi connectivity index (χ4v) is 9.90. The number of anilines is 6. The van der Waals surface area contributed by atoms with E-state index in [1.54, 1.807) is 49.1 Å². The second kappa shape index (κ2) is 16.9. The molecule has 0 saturated carbocycles. The lowest BCUT2D eigenvalue weighted by Crippen LogP contribution is -2.42. The SMILES string of the molecule is CCOC(=O)Nc1ccc2c(c1)N(C(=O)CN1C(=O)C=C(C3Cc4ccccc4N(C(=O)CN4[C@H]5CC[C@@H]4CC5)c4cc(NC(=O)OCC)ccc43)C1=O)c1ccccc1CC2. The second-order valence-electron chi connectivity index (χ2n) is 16.2. The summed E-state index contributed by atoms with van der Waals surface area (Å²) in [4.78, 5) is 89.7. The first-order chi connectivity index (χ1) is 30.1. The van der Waals surface area contributed by atoms with Crippen molar-refractivity contribution in [1.29, 1.82) is 0 Å². The van der Waals surface area contributed by atoms with Gasteiger partial charge in [-0.3, -0.25) is 49.4 Å². The molecule has 0 spiro atoms. The average Bonchev–Trinajstić information content (AvgIpc) is 3.83. The Kier molecular flexibility index (Phi) is 11.1. The van der Waals surface area contributed by atoms with Gasteiger partial charge in [0.15, 0.2) is 0 Å². The fraction of sp³-hybridized carbons (Fsp3) is 0.333. The molecule has 2 N–H and O–H groups in total. The zero-order chi connectivity index (χ0) is 43.1. The Labute approximate surface area is 359 Å². The smallest absolute Gasteiger partial charge is 0.411 e. The van der Waals surface area contributed by atoms with E-state index in [0.29, 0.717) is 64.6 Å². The first kappa shape index (κ1) is 40.6. The van der Waals surface area contributed by atoms with Gasteiger partial charge >= 0.3 is 12.2 Å². The Balaban J connectivity index is 1.06. The van der Waals surface area contributed by atoms with Crippen LogP contribution in [0.5, 0.6) is 0 Å². The highest BCUT2D eigenvalue weighted by molar-refractivity contribution is 6.20. The predicted molar refractivity (Wildman–Crippen MR) is 233 cm³/mol. The van der Waals surface area contributed by atoms with Gasteiger partial charge in [-0.1, -0.05) is 48.5 Å². The maximum atomic E-state index is 14.7. The molecule has 14 nitrogen and oxygen atoms in total. The van der Waals surface area contributed by atoms with Crippen molar-refractivity contribution in [1.82, 2.24) is 9.80 Å². The summed E-state index contributed by atoms with van der Waals surface area (Å²) in [6.45, 7) is 3.43. The minimum atomic E-state index is -0.698. The molecule has 0 aromatic heterocycles. The van der Waals surface area contributed by atoms with Crippen molar-refractivity contribution < 1.29 is 38.2 Å². The van der Waals surface area contributed by atoms with Crippen LogP contribution in [0, 0.1) is 0 Å². The molecule has 5 heterocycles. The van der Waals surface area contributed by atoms with E-state index in [4.69, 9.17) is 9.47 Å². The molecule has 2 bridgehead atoms. The van der Waals surface area contributed by atoms with E-state index >= 15 is 0 Å². The molecule has 14 heteroatoms. The largest absolute Gasteiger partial charge is 0.450 e. The summed E-state index contributed by atoms with van der Waals surface area (Å²) in [6.07, 6.45) is 5.82. The number of ether oxygens (including phenoxy) is 2. The lowest BCUT2D eigenvalue weighted by molar-refractivity contribution is -0.140. The quantitative estimate of drug-likeness (QED) is 0.163. The Morgan fingerprint density at radius 3 is 1.81 bits per heavy atom. The van der Waals surface area contributed by atoms with Crippen LogP contribution in [-0.4, -0.2) is 84.0 Å². The number of rotatable bonds is 9. The van der Waals surface area contributed by atoms with Crippen LogP contribution >= 0.6 is 0 Å². The molecule has 2 fully saturated rings. The average molecular weight is 837 g/mol. The van der Waals surface area contributed by atoms with Crippen LogP contribution in [0.1, 0.15) is 67.7 Å². The van der Waals surface area contributed by atoms with Crippen molar-refractivity contribution in [3.63, 3.8) is 0 Å². The molecular formula is C48H48N6O8. The van der Waals surface area contributed by atoms with Gasteiger partial charge in [0, 0.05) is 41.0 Å². The number of hydrogen-bond donors (Lipinski definition) is 2. The molecule has 9 rings (SSSR count). The third kappa shape index (κ3) is 7.59. The van der Waals surface area contributed by atoms with Gasteiger partial charge in [0.2, 0.25) is 5.91 Å². The predicted octanol–water partition coefficient (Wildman–Crippen LogP) is 7.51. The van der Waals surface area contributed by atoms with E-state index in [1.165, 1.54) is 11.0 Å². The van der Waals surface area contributed by atoms with Crippen LogP contribution in [0.2, 0.25) is 0 Å². The third-order valence-corrected chi connectivity index (χ3v) is 12.7. The van der Waals surface area contributed by atoms with Crippen molar-refractivity contribution in [2.24, 2.45) is 0 Å². The van der Waals surface area contributed by atoms with Crippen LogP contribution in [0.3, 0.4) is 0 Å². The fourth-order valence-electron chi connectivity index (χ4n) is 9.90. The number of carbonyl (C=O) groups excluding carboxylic acids is 6. The maximum absolute atomic E-state index is 14.7. The van der Waals surface area contributed by atoms with Gasteiger partial charge in [-0.15, -0.1) is 0 Å². The summed E-state index contributed by atoms with van der Waals surface area (Å²) in [5.41, 5.74) is 6.46. The van der Waals surface area contributed by atoms with Gasteiger partial charge in [-0.05, 0) is 117 Å². The second-order valence-corrected chi connectivity index (χ2v) is 16.2. The van der Waals surface area contributed by atoms with Gasteiger partial charge in [0.05, 0.1) is 42.5 Å². The highest BCUT2D eigenvalue weighted by atomic mass is 16.6. The molecule has 0 aliphatic carbocycles. The number of aryl methyl sites for hydroxylation is 2. The van der Waals surface area contributed by atoms with Crippen molar-refractivity contribution in [2.45, 2.75) is 76.8 Å². The Bertz CT molecular complexity index is 2520. The zero-order valence-corrected chi connectivity index (χ0v) is 34.7. The van der Waals surface area contributed by atoms with E-state index in [2.05, 4.69) is 15.5 Å². The minimum Gasteiger partial charge on any atom is -0.450 e. The van der Waals surface area contributed by atoms with Crippen LogP contribution in [-0.2, 0) is 47.9 Å². The molecule has 5 aliphatic heterocycles. The topological polar surface area (TPSA) is 158 Å². The molecule has 0 radical (unpaired) electrons. The summed E-state index contributed by atoms with van der Waals surface area (Å²) in [7, 11) is 0. The molecule has 1 atom stereocenters. The van der Waals surface area contributed by atoms with E-state index in [0.717, 1.165) is 47.3 Å². The highest BCUT2D eigenvalue weighted by Gasteiger charge is 2.44. The summed E-state index contributed by atoms with van der Waals surface area (Å²) < 4.78 is 10.3. The molecule has 2 saturated heterocycles. The molecule has 4 aromatic rings. The maximum Gasteiger partial charge on any atom is 0.411 e. The zero-order valence-electron chi connectivity index (χ0n) is 34.7. The van der Waals surface area contributed by atoms with E-state index in [-0.39, 0.29) is 37.7 Å². The molecular weight excluding hydrogens is 789 g/mol. The summed E-state index contributed by atoms with van der Waals surface area (Å²) in [6, 6.07) is 26.3. The lowest BCUT2D eigenvalue weighted by Gasteiger charge is -2.29. The summed E-state index contributed by atoms with van der Waals surface area (Å²) in [5, 5.41) is 5.49. The lowest BCUT2D eigenvalue weighted by atomic mass is 9.85. The molecule has 62 heavy (non-hydrogen) atoms. The van der Waals surface area contributed by atoms with E-state index < -0.39 is 42.4 Å². The van der Waals surface area contributed by atoms with Crippen LogP contribution in [0.25, 0.3) is 0 Å². The van der Waals surface area contributed by atoms with Gasteiger partial charge in [-0.25, -0.2) is 9.59 Å². The normalized spacial score (nSPS) is 20.0. The molecule has 318 valence electrons.